The van der Waals surface area contributed by atoms with Crippen LogP contribution in [0.4, 0.5) is 0 Å². The van der Waals surface area contributed by atoms with Crippen molar-refractivity contribution in [2.24, 2.45) is 0 Å². The molecule has 0 bridgehead atoms. The van der Waals surface area contributed by atoms with Gasteiger partial charge in [-0.15, -0.1) is 0 Å². The van der Waals surface area contributed by atoms with Crippen LogP contribution < -0.4 is 10.8 Å². The molecule has 55 heavy (non-hydrogen) atoms. The highest BCUT2D eigenvalue weighted by Crippen LogP contribution is 2.15. The molecule has 0 aliphatic carbocycles. The molecule has 2 amide bonds. The molecular weight excluding hydrogens is 704 g/mol. The van der Waals surface area contributed by atoms with Crippen molar-refractivity contribution in [2.45, 2.75) is 147 Å². The molecule has 10 N–H and O–H groups in total. The molecule has 0 aromatic carbocycles. The molecule has 12 heteroatoms. The van der Waals surface area contributed by atoms with E-state index in [9.17, 15) is 40.2 Å². The molecule has 0 aromatic heterocycles. The minimum Gasteiger partial charge on any atom is -0.395 e. The van der Waals surface area contributed by atoms with Crippen molar-refractivity contribution in [3.63, 3.8) is 0 Å². The lowest BCUT2D eigenvalue weighted by atomic mass is 9.98. The maximum Gasteiger partial charge on any atom is 0.243 e. The molecule has 0 saturated carbocycles. The van der Waals surface area contributed by atoms with Crippen LogP contribution in [0.2, 0.25) is 0 Å². The van der Waals surface area contributed by atoms with Crippen molar-refractivity contribution in [2.75, 3.05) is 13.2 Å². The molecule has 0 aromatic rings. The van der Waals surface area contributed by atoms with Gasteiger partial charge in [0.05, 0.1) is 42.7 Å². The van der Waals surface area contributed by atoms with Gasteiger partial charge in [-0.25, -0.2) is 5.48 Å². The summed E-state index contributed by atoms with van der Waals surface area (Å²) in [6, 6.07) is 0. The highest BCUT2D eigenvalue weighted by Gasteiger charge is 2.16. The number of unbranched alkanes of at least 4 members (excludes halogenated alkanes) is 4. The van der Waals surface area contributed by atoms with E-state index >= 15 is 0 Å². The van der Waals surface area contributed by atoms with Gasteiger partial charge in [-0.2, -0.15) is 0 Å². The number of hydrogen-bond donors (Lipinski definition) is 10. The van der Waals surface area contributed by atoms with Crippen LogP contribution in [0, 0.1) is 0 Å². The van der Waals surface area contributed by atoms with Crippen LogP contribution in [-0.2, 0) is 9.59 Å². The molecule has 0 heterocycles. The zero-order valence-corrected chi connectivity index (χ0v) is 33.3. The van der Waals surface area contributed by atoms with E-state index < -0.39 is 42.0 Å². The summed E-state index contributed by atoms with van der Waals surface area (Å²) in [5.74, 6) is -0.589. The minimum atomic E-state index is -1.03. The number of hydroxylamine groups is 1. The van der Waals surface area contributed by atoms with Gasteiger partial charge in [0.1, 0.15) is 0 Å². The highest BCUT2D eigenvalue weighted by atomic mass is 16.5. The number of nitrogens with one attached hydrogen (secondary N) is 2. The van der Waals surface area contributed by atoms with E-state index in [0.29, 0.717) is 44.9 Å². The van der Waals surface area contributed by atoms with Gasteiger partial charge >= 0.3 is 0 Å². The first-order valence-electron chi connectivity index (χ1n) is 19.6. The van der Waals surface area contributed by atoms with Crippen LogP contribution in [0.25, 0.3) is 0 Å². The Hall–Kier alpha value is -3.46. The molecule has 0 aliphatic heterocycles. The summed E-state index contributed by atoms with van der Waals surface area (Å²) >= 11 is 0. The second kappa shape index (κ2) is 37.5. The van der Waals surface area contributed by atoms with E-state index in [1.807, 2.05) is 0 Å². The molecule has 0 aliphatic rings. The Balaban J connectivity index is 0. The Kier molecular flexibility index (Phi) is 36.5. The topological polar surface area (TPSA) is 220 Å². The second-order valence-corrected chi connectivity index (χ2v) is 13.4. The third-order valence-electron chi connectivity index (χ3n) is 8.06. The van der Waals surface area contributed by atoms with E-state index in [-0.39, 0.29) is 25.5 Å². The fourth-order valence-corrected chi connectivity index (χ4v) is 4.73. The maximum absolute atomic E-state index is 11.3. The van der Waals surface area contributed by atoms with Crippen LogP contribution in [0.5, 0.6) is 0 Å². The Morgan fingerprint density at radius 2 is 1.05 bits per heavy atom. The van der Waals surface area contributed by atoms with Crippen LogP contribution >= 0.6 is 0 Å². The van der Waals surface area contributed by atoms with E-state index in [1.54, 1.807) is 110 Å². The number of rotatable bonds is 30. The second-order valence-electron chi connectivity index (χ2n) is 13.4. The Morgan fingerprint density at radius 3 is 1.53 bits per heavy atom. The van der Waals surface area contributed by atoms with Crippen molar-refractivity contribution in [1.29, 1.82) is 0 Å². The molecule has 0 fully saturated rings. The van der Waals surface area contributed by atoms with Crippen molar-refractivity contribution < 1.29 is 50.5 Å². The third kappa shape index (κ3) is 37.2. The van der Waals surface area contributed by atoms with Crippen LogP contribution in [0.3, 0.4) is 0 Å². The standard InChI is InChI=1S/C22H37NO5.C21H35NO5/c1-2-3-8-14-20(26)21(27)15-10-7-5-4-6-9-12-19(25)13-11-16-22(28)23-17-18-24;1-3-4-9-13-18(23)19(24)14-10-7-5-6-8-11-16-21(2,26)17-12-15-20(25)22-27/h4-7,9-10,12,15,19-21,24-27H,2-3,8,11,13-14,16-18H2,1H3,(H,23,28);5-8,10-11,14,16,18-19,23-24,26-27H,3-4,9,12-13,15,17H2,1-2H3,(H,22,25)/b6-4-,7-5+,12-9+,15-10+;7-5+,8-6-,14-10+,16-11+/t19-,20+,21-;18-,19-,21-/m11/s1. The average Bonchev–Trinajstić information content (AvgIpc) is 3.15. The zero-order chi connectivity index (χ0) is 41.6. The number of hydrogen-bond acceptors (Lipinski definition) is 10. The fourth-order valence-electron chi connectivity index (χ4n) is 4.73. The van der Waals surface area contributed by atoms with Crippen LogP contribution in [-0.4, -0.2) is 102 Å². The summed E-state index contributed by atoms with van der Waals surface area (Å²) in [4.78, 5) is 22.2. The molecular formula is C43H72N2O10. The SMILES string of the molecule is CCCCC[C@@H](O)[C@H](O)/C=C/C=C/C=C\C=C\[C@@](C)(O)CCCC(=O)NO.CCCCC[C@H](O)[C@H](O)/C=C/C=C/C=C\C=C\[C@@H](O)CCCC(=O)NCCO. The average molecular weight is 777 g/mol. The number of aliphatic hydroxyl groups excluding tert-OH is 6. The van der Waals surface area contributed by atoms with E-state index in [1.165, 1.54) is 0 Å². The summed E-state index contributed by atoms with van der Waals surface area (Å²) in [5.41, 5.74) is 0.534. The van der Waals surface area contributed by atoms with E-state index in [0.717, 1.165) is 38.5 Å². The van der Waals surface area contributed by atoms with Crippen molar-refractivity contribution in [1.82, 2.24) is 10.8 Å². The molecule has 0 spiro atoms. The first-order valence-corrected chi connectivity index (χ1v) is 19.6. The van der Waals surface area contributed by atoms with Gasteiger partial charge in [-0.05, 0) is 45.4 Å². The summed E-state index contributed by atoms with van der Waals surface area (Å²) in [7, 11) is 0. The number of allylic oxidation sites excluding steroid dienone is 12. The molecule has 12 nitrogen and oxygen atoms in total. The predicted molar refractivity (Wildman–Crippen MR) is 220 cm³/mol. The first kappa shape index (κ1) is 53.6. The van der Waals surface area contributed by atoms with Gasteiger partial charge in [0.2, 0.25) is 11.8 Å². The van der Waals surface area contributed by atoms with Crippen molar-refractivity contribution >= 4 is 11.8 Å². The molecule has 0 unspecified atom stereocenters. The van der Waals surface area contributed by atoms with Crippen LogP contribution in [0.15, 0.2) is 97.2 Å². The lowest BCUT2D eigenvalue weighted by Gasteiger charge is -2.17. The van der Waals surface area contributed by atoms with Gasteiger partial charge in [0, 0.05) is 19.4 Å². The number of carbonyl (C=O) groups is 2. The predicted octanol–water partition coefficient (Wildman–Crippen LogP) is 5.09. The van der Waals surface area contributed by atoms with E-state index in [4.69, 9.17) is 10.3 Å². The van der Waals surface area contributed by atoms with Crippen molar-refractivity contribution in [3.05, 3.63) is 97.2 Å². The third-order valence-corrected chi connectivity index (χ3v) is 8.06. The van der Waals surface area contributed by atoms with Gasteiger partial charge in [0.25, 0.3) is 0 Å². The molecule has 0 saturated heterocycles. The van der Waals surface area contributed by atoms with Gasteiger partial charge in [-0.3, -0.25) is 14.8 Å². The fraction of sp³-hybridized carbons (Fsp3) is 0.581. The smallest absolute Gasteiger partial charge is 0.243 e. The molecule has 6 atom stereocenters. The number of amides is 2. The molecule has 0 radical (unpaired) electrons. The Labute approximate surface area is 329 Å². The summed E-state index contributed by atoms with van der Waals surface area (Å²) in [6.07, 6.45) is 33.3. The Bertz CT molecular complexity index is 1190. The van der Waals surface area contributed by atoms with Crippen molar-refractivity contribution in [3.8, 4) is 0 Å². The van der Waals surface area contributed by atoms with Gasteiger partial charge < -0.3 is 41.1 Å². The largest absolute Gasteiger partial charge is 0.395 e. The highest BCUT2D eigenvalue weighted by molar-refractivity contribution is 5.75. The molecule has 314 valence electrons. The lowest BCUT2D eigenvalue weighted by molar-refractivity contribution is -0.129. The summed E-state index contributed by atoms with van der Waals surface area (Å²) in [6.45, 7) is 6.03. The first-order chi connectivity index (χ1) is 26.3. The van der Waals surface area contributed by atoms with Crippen LogP contribution in [0.1, 0.15) is 111 Å². The lowest BCUT2D eigenvalue weighted by Crippen LogP contribution is -2.26. The number of carbonyl (C=O) groups excluding carboxylic acids is 2. The monoisotopic (exact) mass is 777 g/mol. The maximum atomic E-state index is 11.3. The van der Waals surface area contributed by atoms with E-state index in [2.05, 4.69) is 19.2 Å². The zero-order valence-electron chi connectivity index (χ0n) is 33.3. The Morgan fingerprint density at radius 1 is 0.600 bits per heavy atom. The number of aliphatic hydroxyl groups is 7. The minimum absolute atomic E-state index is 0.0741. The molecule has 0 rings (SSSR count). The van der Waals surface area contributed by atoms with Gasteiger partial charge in [-0.1, -0.05) is 150 Å². The van der Waals surface area contributed by atoms with Gasteiger partial charge in [0.15, 0.2) is 0 Å². The normalized spacial score (nSPS) is 16.4. The quantitative estimate of drug-likeness (QED) is 0.0202. The summed E-state index contributed by atoms with van der Waals surface area (Å²) in [5, 5.41) is 78.7. The summed E-state index contributed by atoms with van der Waals surface area (Å²) < 4.78 is 0.